The molecular weight excluding hydrogens is 456 g/mol. The van der Waals surface area contributed by atoms with Crippen LogP contribution in [0.4, 0.5) is 16.2 Å². The number of piperazine rings is 1. The van der Waals surface area contributed by atoms with Crippen LogP contribution in [0.1, 0.15) is 5.56 Å². The number of carbonyl (C=O) groups excluding carboxylic acids is 1. The molecule has 1 aliphatic heterocycles. The summed E-state index contributed by atoms with van der Waals surface area (Å²) in [6.45, 7) is 1.72. The van der Waals surface area contributed by atoms with E-state index in [1.165, 1.54) is 0 Å². The highest BCUT2D eigenvalue weighted by Crippen LogP contribution is 2.27. The van der Waals surface area contributed by atoms with Crippen LogP contribution in [-0.4, -0.2) is 68.9 Å². The molecule has 32 heavy (non-hydrogen) atoms. The summed E-state index contributed by atoms with van der Waals surface area (Å²) in [5, 5.41) is 12.1. The van der Waals surface area contributed by atoms with Crippen LogP contribution < -0.4 is 14.9 Å². The average molecular weight is 481 g/mol. The van der Waals surface area contributed by atoms with Gasteiger partial charge in [-0.1, -0.05) is 35.9 Å². The number of rotatable bonds is 7. The monoisotopic (exact) mass is 480 g/mol. The van der Waals surface area contributed by atoms with Crippen LogP contribution >= 0.6 is 11.6 Å². The molecule has 0 aliphatic carbocycles. The van der Waals surface area contributed by atoms with Gasteiger partial charge in [0.1, 0.15) is 6.04 Å². The minimum Gasteiger partial charge on any atom is -0.465 e. The van der Waals surface area contributed by atoms with Crippen molar-refractivity contribution in [3.05, 3.63) is 59.1 Å². The van der Waals surface area contributed by atoms with Gasteiger partial charge in [0.15, 0.2) is 0 Å². The Morgan fingerprint density at radius 3 is 2.28 bits per heavy atom. The molecule has 172 valence electrons. The standard InChI is InChI=1S/C21H25ClN4O5S/c1-32(30,31)24-17-4-2-3-5-19(17)25-10-12-26(13-11-25)20(27)18(23-21(28)29)14-15-6-8-16(22)9-7-15/h2-9,18,23-24H,10-14H2,1H3,(H,28,29). The molecular formula is C21H25ClN4O5S. The molecule has 1 aliphatic rings. The molecule has 2 aromatic rings. The summed E-state index contributed by atoms with van der Waals surface area (Å²) in [5.41, 5.74) is 2.00. The molecule has 2 amide bonds. The molecule has 1 unspecified atom stereocenters. The predicted octanol–water partition coefficient (Wildman–Crippen LogP) is 2.24. The number of amides is 2. The number of sulfonamides is 1. The van der Waals surface area contributed by atoms with E-state index in [0.29, 0.717) is 36.9 Å². The lowest BCUT2D eigenvalue weighted by atomic mass is 10.0. The second kappa shape index (κ2) is 10.1. The van der Waals surface area contributed by atoms with Crippen LogP contribution in [0.15, 0.2) is 48.5 Å². The van der Waals surface area contributed by atoms with Crippen LogP contribution in [0.25, 0.3) is 0 Å². The summed E-state index contributed by atoms with van der Waals surface area (Å²) >= 11 is 5.90. The van der Waals surface area contributed by atoms with Gasteiger partial charge in [-0.05, 0) is 29.8 Å². The smallest absolute Gasteiger partial charge is 0.405 e. The summed E-state index contributed by atoms with van der Waals surface area (Å²) in [6.07, 6.45) is 0.0389. The average Bonchev–Trinajstić information content (AvgIpc) is 2.73. The number of hydrogen-bond acceptors (Lipinski definition) is 5. The Kier molecular flexibility index (Phi) is 7.47. The fraction of sp³-hybridized carbons (Fsp3) is 0.333. The minimum absolute atomic E-state index is 0.212. The van der Waals surface area contributed by atoms with E-state index < -0.39 is 22.2 Å². The van der Waals surface area contributed by atoms with Crippen LogP contribution in [0, 0.1) is 0 Å². The molecule has 2 aromatic carbocycles. The van der Waals surface area contributed by atoms with Gasteiger partial charge in [0, 0.05) is 37.6 Å². The zero-order valence-electron chi connectivity index (χ0n) is 17.5. The van der Waals surface area contributed by atoms with E-state index in [-0.39, 0.29) is 12.3 Å². The summed E-state index contributed by atoms with van der Waals surface area (Å²) in [5.74, 6) is -0.301. The first kappa shape index (κ1) is 23.7. The Balaban J connectivity index is 1.68. The van der Waals surface area contributed by atoms with Crippen molar-refractivity contribution in [2.24, 2.45) is 0 Å². The highest BCUT2D eigenvalue weighted by molar-refractivity contribution is 7.92. The van der Waals surface area contributed by atoms with E-state index in [0.717, 1.165) is 17.5 Å². The zero-order chi connectivity index (χ0) is 23.3. The van der Waals surface area contributed by atoms with Gasteiger partial charge in [-0.25, -0.2) is 13.2 Å². The SMILES string of the molecule is CS(=O)(=O)Nc1ccccc1N1CCN(C(=O)C(Cc2ccc(Cl)cc2)NC(=O)O)CC1. The molecule has 0 radical (unpaired) electrons. The molecule has 3 rings (SSSR count). The van der Waals surface area contributed by atoms with Crippen molar-refractivity contribution in [2.75, 3.05) is 42.1 Å². The fourth-order valence-corrected chi connectivity index (χ4v) is 4.33. The normalized spacial score (nSPS) is 15.2. The van der Waals surface area contributed by atoms with Gasteiger partial charge in [0.05, 0.1) is 17.6 Å². The van der Waals surface area contributed by atoms with E-state index in [4.69, 9.17) is 11.6 Å². The zero-order valence-corrected chi connectivity index (χ0v) is 19.1. The first-order valence-electron chi connectivity index (χ1n) is 9.97. The van der Waals surface area contributed by atoms with Gasteiger partial charge in [0.25, 0.3) is 0 Å². The van der Waals surface area contributed by atoms with Crippen molar-refractivity contribution >= 4 is 45.0 Å². The second-order valence-corrected chi connectivity index (χ2v) is 9.72. The van der Waals surface area contributed by atoms with Gasteiger partial charge in [-0.2, -0.15) is 0 Å². The lowest BCUT2D eigenvalue weighted by Crippen LogP contribution is -2.55. The highest BCUT2D eigenvalue weighted by Gasteiger charge is 2.29. The van der Waals surface area contributed by atoms with Crippen molar-refractivity contribution in [1.29, 1.82) is 0 Å². The lowest BCUT2D eigenvalue weighted by Gasteiger charge is -2.38. The minimum atomic E-state index is -3.43. The van der Waals surface area contributed by atoms with Crippen molar-refractivity contribution in [3.63, 3.8) is 0 Å². The van der Waals surface area contributed by atoms with E-state index in [1.54, 1.807) is 41.3 Å². The van der Waals surface area contributed by atoms with Crippen molar-refractivity contribution in [2.45, 2.75) is 12.5 Å². The summed E-state index contributed by atoms with van der Waals surface area (Å²) in [7, 11) is -3.43. The number of anilines is 2. The second-order valence-electron chi connectivity index (χ2n) is 7.54. The van der Waals surface area contributed by atoms with Crippen LogP contribution in [0.5, 0.6) is 0 Å². The Bertz CT molecular complexity index is 1070. The first-order valence-corrected chi connectivity index (χ1v) is 12.2. The van der Waals surface area contributed by atoms with Gasteiger partial charge < -0.3 is 20.2 Å². The van der Waals surface area contributed by atoms with Crippen molar-refractivity contribution in [1.82, 2.24) is 10.2 Å². The number of para-hydroxylation sites is 2. The number of nitrogens with zero attached hydrogens (tertiary/aromatic N) is 2. The van der Waals surface area contributed by atoms with E-state index in [2.05, 4.69) is 10.0 Å². The summed E-state index contributed by atoms with van der Waals surface area (Å²) < 4.78 is 25.8. The number of carboxylic acid groups (broad SMARTS) is 1. The molecule has 3 N–H and O–H groups in total. The molecule has 0 aromatic heterocycles. The molecule has 9 nitrogen and oxygen atoms in total. The van der Waals surface area contributed by atoms with Crippen molar-refractivity contribution in [3.8, 4) is 0 Å². The molecule has 0 saturated carbocycles. The van der Waals surface area contributed by atoms with Crippen LogP contribution in [0.2, 0.25) is 5.02 Å². The highest BCUT2D eigenvalue weighted by atomic mass is 35.5. The number of halogens is 1. The predicted molar refractivity (Wildman–Crippen MR) is 124 cm³/mol. The molecule has 1 fully saturated rings. The van der Waals surface area contributed by atoms with Gasteiger partial charge in [-0.3, -0.25) is 9.52 Å². The number of carbonyl (C=O) groups is 2. The molecule has 11 heteroatoms. The van der Waals surface area contributed by atoms with E-state index in [1.807, 2.05) is 17.0 Å². The molecule has 1 heterocycles. The van der Waals surface area contributed by atoms with E-state index in [9.17, 15) is 23.1 Å². The van der Waals surface area contributed by atoms with Gasteiger partial charge in [0.2, 0.25) is 15.9 Å². The third-order valence-corrected chi connectivity index (χ3v) is 5.92. The Morgan fingerprint density at radius 2 is 1.69 bits per heavy atom. The quantitative estimate of drug-likeness (QED) is 0.559. The fourth-order valence-electron chi connectivity index (χ4n) is 3.63. The lowest BCUT2D eigenvalue weighted by molar-refractivity contribution is -0.133. The molecule has 0 bridgehead atoms. The maximum atomic E-state index is 13.1. The number of hydrogen-bond donors (Lipinski definition) is 3. The molecule has 1 saturated heterocycles. The Hall–Kier alpha value is -2.98. The molecule has 0 spiro atoms. The van der Waals surface area contributed by atoms with Gasteiger partial charge in [-0.15, -0.1) is 0 Å². The Labute approximate surface area is 192 Å². The van der Waals surface area contributed by atoms with Crippen LogP contribution in [0.3, 0.4) is 0 Å². The third kappa shape index (κ3) is 6.51. The third-order valence-electron chi connectivity index (χ3n) is 5.08. The van der Waals surface area contributed by atoms with Crippen molar-refractivity contribution < 1.29 is 23.1 Å². The maximum absolute atomic E-state index is 13.1. The largest absolute Gasteiger partial charge is 0.465 e. The van der Waals surface area contributed by atoms with Gasteiger partial charge >= 0.3 is 6.09 Å². The number of nitrogens with one attached hydrogen (secondary N) is 2. The van der Waals surface area contributed by atoms with E-state index >= 15 is 0 Å². The van der Waals surface area contributed by atoms with Crippen LogP contribution in [-0.2, 0) is 21.2 Å². The molecule has 1 atom stereocenters. The number of benzene rings is 2. The topological polar surface area (TPSA) is 119 Å². The summed E-state index contributed by atoms with van der Waals surface area (Å²) in [4.78, 5) is 28.0. The Morgan fingerprint density at radius 1 is 1.06 bits per heavy atom. The first-order chi connectivity index (χ1) is 15.1. The summed E-state index contributed by atoms with van der Waals surface area (Å²) in [6, 6.07) is 13.1. The maximum Gasteiger partial charge on any atom is 0.405 e.